The van der Waals surface area contributed by atoms with Gasteiger partial charge in [0.2, 0.25) is 0 Å². The fourth-order valence-electron chi connectivity index (χ4n) is 3.07. The Morgan fingerprint density at radius 2 is 2.00 bits per heavy atom. The molecular formula is C16H22N2O4S. The first-order valence-electron chi connectivity index (χ1n) is 7.84. The van der Waals surface area contributed by atoms with E-state index in [9.17, 15) is 13.2 Å². The number of aryl methyl sites for hydroxylation is 1. The van der Waals surface area contributed by atoms with Crippen molar-refractivity contribution in [2.75, 3.05) is 18.2 Å². The van der Waals surface area contributed by atoms with Crippen molar-refractivity contribution in [1.29, 1.82) is 0 Å². The van der Waals surface area contributed by atoms with Crippen LogP contribution in [0.3, 0.4) is 0 Å². The topological polar surface area (TPSA) is 84.5 Å². The summed E-state index contributed by atoms with van der Waals surface area (Å²) in [5, 5.41) is 5.67. The van der Waals surface area contributed by atoms with Crippen LogP contribution in [-0.2, 0) is 14.6 Å². The number of hydrogen-bond donors (Lipinski definition) is 2. The molecular weight excluding hydrogens is 316 g/mol. The molecule has 126 valence electrons. The predicted octanol–water partition coefficient (Wildman–Crippen LogP) is 2.09. The van der Waals surface area contributed by atoms with Crippen molar-refractivity contribution in [3.05, 3.63) is 23.8 Å². The zero-order chi connectivity index (χ0) is 16.6. The smallest absolute Gasteiger partial charge is 0.319 e. The minimum absolute atomic E-state index is 0.0299. The summed E-state index contributed by atoms with van der Waals surface area (Å²) < 4.78 is 29.2. The zero-order valence-corrected chi connectivity index (χ0v) is 14.2. The first-order chi connectivity index (χ1) is 10.8. The molecule has 2 amide bonds. The van der Waals surface area contributed by atoms with Gasteiger partial charge in [0.1, 0.15) is 0 Å². The Morgan fingerprint density at radius 1 is 1.26 bits per heavy atom. The monoisotopic (exact) mass is 338 g/mol. The van der Waals surface area contributed by atoms with E-state index in [1.165, 1.54) is 18.9 Å². The molecule has 0 spiro atoms. The molecule has 2 atom stereocenters. The highest BCUT2D eigenvalue weighted by Gasteiger charge is 2.41. The second-order valence-corrected chi connectivity index (χ2v) is 8.40. The highest BCUT2D eigenvalue weighted by Crippen LogP contribution is 2.38. The number of rotatable bonds is 4. The van der Waals surface area contributed by atoms with Crippen molar-refractivity contribution in [3.8, 4) is 0 Å². The summed E-state index contributed by atoms with van der Waals surface area (Å²) in [6.45, 7) is 2.41. The molecule has 0 aromatic heterocycles. The highest BCUT2D eigenvalue weighted by molar-refractivity contribution is 7.90. The number of amides is 2. The van der Waals surface area contributed by atoms with E-state index < -0.39 is 9.84 Å². The van der Waals surface area contributed by atoms with Gasteiger partial charge >= 0.3 is 6.03 Å². The minimum Gasteiger partial charge on any atom is -0.376 e. The van der Waals surface area contributed by atoms with Gasteiger partial charge in [-0.3, -0.25) is 0 Å². The lowest BCUT2D eigenvalue weighted by molar-refractivity contribution is 0.0829. The number of nitrogens with one attached hydrogen (secondary N) is 2. The predicted molar refractivity (Wildman–Crippen MR) is 87.3 cm³/mol. The van der Waals surface area contributed by atoms with E-state index in [0.29, 0.717) is 23.8 Å². The Hall–Kier alpha value is -1.60. The van der Waals surface area contributed by atoms with Crippen molar-refractivity contribution < 1.29 is 17.9 Å². The number of anilines is 1. The van der Waals surface area contributed by atoms with Crippen LogP contribution in [0.5, 0.6) is 0 Å². The lowest BCUT2D eigenvalue weighted by Crippen LogP contribution is -2.43. The summed E-state index contributed by atoms with van der Waals surface area (Å²) in [6.07, 6.45) is 4.43. The average Bonchev–Trinajstić information content (AvgIpc) is 3.20. The normalized spacial score (nSPS) is 24.4. The van der Waals surface area contributed by atoms with Gasteiger partial charge in [0.15, 0.2) is 9.84 Å². The SMILES string of the molecule is Cc1ccc(NC(=O)N[C@@H]2CCO[C@H]2C2CC2)cc1S(C)(=O)=O. The minimum atomic E-state index is -3.32. The van der Waals surface area contributed by atoms with Crippen molar-refractivity contribution >= 4 is 21.6 Å². The number of ether oxygens (including phenoxy) is 1. The van der Waals surface area contributed by atoms with E-state index >= 15 is 0 Å². The molecule has 1 aliphatic heterocycles. The number of carbonyl (C=O) groups is 1. The highest BCUT2D eigenvalue weighted by atomic mass is 32.2. The van der Waals surface area contributed by atoms with Crippen LogP contribution in [0.1, 0.15) is 24.8 Å². The molecule has 1 aromatic carbocycles. The molecule has 2 fully saturated rings. The molecule has 7 heteroatoms. The summed E-state index contributed by atoms with van der Waals surface area (Å²) in [7, 11) is -3.32. The van der Waals surface area contributed by atoms with Gasteiger partial charge in [-0.2, -0.15) is 0 Å². The van der Waals surface area contributed by atoms with Crippen LogP contribution in [0.15, 0.2) is 23.1 Å². The van der Waals surface area contributed by atoms with E-state index in [1.54, 1.807) is 19.1 Å². The molecule has 1 heterocycles. The van der Waals surface area contributed by atoms with Crippen LogP contribution in [0.4, 0.5) is 10.5 Å². The first kappa shape index (κ1) is 16.3. The summed E-state index contributed by atoms with van der Waals surface area (Å²) in [6, 6.07) is 4.59. The van der Waals surface area contributed by atoms with Gasteiger partial charge in [-0.15, -0.1) is 0 Å². The molecule has 0 unspecified atom stereocenters. The fourth-order valence-corrected chi connectivity index (χ4v) is 4.06. The molecule has 0 radical (unpaired) electrons. The van der Waals surface area contributed by atoms with Crippen LogP contribution in [0.25, 0.3) is 0 Å². The molecule has 2 N–H and O–H groups in total. The Labute approximate surface area is 136 Å². The Kier molecular flexibility index (Phi) is 4.33. The van der Waals surface area contributed by atoms with E-state index in [0.717, 1.165) is 12.7 Å². The van der Waals surface area contributed by atoms with Crippen molar-refractivity contribution in [1.82, 2.24) is 5.32 Å². The molecule has 0 bridgehead atoms. The van der Waals surface area contributed by atoms with E-state index in [2.05, 4.69) is 10.6 Å². The number of urea groups is 1. The second kappa shape index (κ2) is 6.13. The Bertz CT molecular complexity index is 713. The van der Waals surface area contributed by atoms with Gasteiger partial charge in [0.25, 0.3) is 0 Å². The third-order valence-corrected chi connectivity index (χ3v) is 5.62. The van der Waals surface area contributed by atoms with Crippen molar-refractivity contribution in [2.24, 2.45) is 5.92 Å². The summed E-state index contributed by atoms with van der Waals surface area (Å²) in [5.74, 6) is 0.569. The largest absolute Gasteiger partial charge is 0.376 e. The summed E-state index contributed by atoms with van der Waals surface area (Å²) >= 11 is 0. The van der Waals surface area contributed by atoms with Crippen molar-refractivity contribution in [3.63, 3.8) is 0 Å². The molecule has 23 heavy (non-hydrogen) atoms. The standard InChI is InChI=1S/C16H22N2O4S/c1-10-3-6-12(9-14(10)23(2,20)21)17-16(19)18-13-7-8-22-15(13)11-4-5-11/h3,6,9,11,13,15H,4-5,7-8H2,1-2H3,(H2,17,18,19)/t13-,15+/m1/s1. The maximum absolute atomic E-state index is 12.2. The van der Waals surface area contributed by atoms with Crippen LogP contribution >= 0.6 is 0 Å². The van der Waals surface area contributed by atoms with E-state index in [4.69, 9.17) is 4.74 Å². The molecule has 1 aromatic rings. The van der Waals surface area contributed by atoms with E-state index in [-0.39, 0.29) is 23.1 Å². The van der Waals surface area contributed by atoms with Gasteiger partial charge in [-0.05, 0) is 49.8 Å². The van der Waals surface area contributed by atoms with Crippen LogP contribution in [0.2, 0.25) is 0 Å². The van der Waals surface area contributed by atoms with Gasteiger partial charge in [-0.25, -0.2) is 13.2 Å². The van der Waals surface area contributed by atoms with E-state index in [1.807, 2.05) is 0 Å². The molecule has 6 nitrogen and oxygen atoms in total. The van der Waals surface area contributed by atoms with Gasteiger partial charge in [0.05, 0.1) is 17.0 Å². The van der Waals surface area contributed by atoms with Crippen LogP contribution in [0, 0.1) is 12.8 Å². The Morgan fingerprint density at radius 3 is 2.65 bits per heavy atom. The number of hydrogen-bond acceptors (Lipinski definition) is 4. The zero-order valence-electron chi connectivity index (χ0n) is 13.3. The summed E-state index contributed by atoms with van der Waals surface area (Å²) in [5.41, 5.74) is 1.13. The molecule has 1 aliphatic carbocycles. The third-order valence-electron chi connectivity index (χ3n) is 4.38. The van der Waals surface area contributed by atoms with Crippen LogP contribution < -0.4 is 10.6 Å². The number of carbonyl (C=O) groups excluding carboxylic acids is 1. The third kappa shape index (κ3) is 3.84. The van der Waals surface area contributed by atoms with Crippen LogP contribution in [-0.4, -0.2) is 39.5 Å². The molecule has 1 saturated heterocycles. The lowest BCUT2D eigenvalue weighted by Gasteiger charge is -2.20. The van der Waals surface area contributed by atoms with Gasteiger partial charge in [0, 0.05) is 18.6 Å². The Balaban J connectivity index is 1.66. The second-order valence-electron chi connectivity index (χ2n) is 6.42. The van der Waals surface area contributed by atoms with Gasteiger partial charge < -0.3 is 15.4 Å². The van der Waals surface area contributed by atoms with Crippen molar-refractivity contribution in [2.45, 2.75) is 43.2 Å². The molecule has 2 aliphatic rings. The number of sulfone groups is 1. The number of benzene rings is 1. The molecule has 3 rings (SSSR count). The molecule has 1 saturated carbocycles. The fraction of sp³-hybridized carbons (Fsp3) is 0.562. The quantitative estimate of drug-likeness (QED) is 0.880. The van der Waals surface area contributed by atoms with Gasteiger partial charge in [-0.1, -0.05) is 6.07 Å². The summed E-state index contributed by atoms with van der Waals surface area (Å²) in [4.78, 5) is 12.4. The lowest BCUT2D eigenvalue weighted by atomic mass is 10.1. The first-order valence-corrected chi connectivity index (χ1v) is 9.73. The maximum atomic E-state index is 12.2. The maximum Gasteiger partial charge on any atom is 0.319 e. The average molecular weight is 338 g/mol.